The Bertz CT molecular complexity index is 1400. The van der Waals surface area contributed by atoms with Crippen LogP contribution in [0.4, 0.5) is 5.69 Å². The second kappa shape index (κ2) is 9.57. The Morgan fingerprint density at radius 1 is 0.971 bits per heavy atom. The van der Waals surface area contributed by atoms with Gasteiger partial charge in [0, 0.05) is 36.7 Å². The van der Waals surface area contributed by atoms with Gasteiger partial charge < -0.3 is 14.8 Å². The Balaban J connectivity index is 1.48. The molecule has 7 nitrogen and oxygen atoms in total. The van der Waals surface area contributed by atoms with Gasteiger partial charge in [-0.1, -0.05) is 18.2 Å². The molecular weight excluding hydrogens is 424 g/mol. The smallest absolute Gasteiger partial charge is 0.270 e. The van der Waals surface area contributed by atoms with Crippen molar-refractivity contribution in [2.75, 3.05) is 33.2 Å². The third-order valence-corrected chi connectivity index (χ3v) is 6.18. The molecule has 0 unspecified atom stereocenters. The molecular formula is C27H28N6O. The van der Waals surface area contributed by atoms with Crippen LogP contribution in [0.1, 0.15) is 22.5 Å². The van der Waals surface area contributed by atoms with E-state index >= 15 is 0 Å². The van der Waals surface area contributed by atoms with Crippen LogP contribution in [0.25, 0.3) is 22.3 Å². The van der Waals surface area contributed by atoms with Gasteiger partial charge in [0.2, 0.25) is 0 Å². The minimum Gasteiger partial charge on any atom is -0.351 e. The van der Waals surface area contributed by atoms with Crippen molar-refractivity contribution in [3.05, 3.63) is 83.6 Å². The molecule has 1 N–H and O–H groups in total. The highest BCUT2D eigenvalue weighted by Crippen LogP contribution is 2.23. The second-order valence-electron chi connectivity index (χ2n) is 8.76. The van der Waals surface area contributed by atoms with E-state index in [2.05, 4.69) is 21.9 Å². The summed E-state index contributed by atoms with van der Waals surface area (Å²) in [6.45, 7) is 5.45. The molecule has 1 saturated heterocycles. The number of amides is 1. The predicted octanol–water partition coefficient (Wildman–Crippen LogP) is 3.94. The number of aromatic nitrogens is 3. The summed E-state index contributed by atoms with van der Waals surface area (Å²) in [6, 6.07) is 19.5. The van der Waals surface area contributed by atoms with E-state index in [4.69, 9.17) is 9.98 Å². The molecule has 1 aliphatic rings. The molecule has 172 valence electrons. The molecule has 0 atom stereocenters. The van der Waals surface area contributed by atoms with Crippen molar-refractivity contribution in [3.63, 3.8) is 0 Å². The van der Waals surface area contributed by atoms with Crippen LogP contribution in [0.2, 0.25) is 0 Å². The summed E-state index contributed by atoms with van der Waals surface area (Å²) in [7, 11) is 2.10. The molecule has 1 fully saturated rings. The minimum atomic E-state index is 0.0533. The molecule has 0 radical (unpaired) electrons. The van der Waals surface area contributed by atoms with Crippen molar-refractivity contribution in [2.45, 2.75) is 13.3 Å². The average molecular weight is 453 g/mol. The van der Waals surface area contributed by atoms with Crippen molar-refractivity contribution >= 4 is 22.5 Å². The van der Waals surface area contributed by atoms with Crippen molar-refractivity contribution in [2.24, 2.45) is 4.99 Å². The maximum absolute atomic E-state index is 13.1. The zero-order chi connectivity index (χ0) is 23.5. The summed E-state index contributed by atoms with van der Waals surface area (Å²) in [5, 5.41) is 0.958. The van der Waals surface area contributed by atoms with Crippen LogP contribution in [-0.2, 0) is 0 Å². The predicted molar refractivity (Wildman–Crippen MR) is 134 cm³/mol. The number of nitrogens with zero attached hydrogens (tertiary/aromatic N) is 5. The largest absolute Gasteiger partial charge is 0.351 e. The summed E-state index contributed by atoms with van der Waals surface area (Å²) in [5.74, 6) is 0.0533. The van der Waals surface area contributed by atoms with E-state index in [0.29, 0.717) is 11.2 Å². The number of hydrogen-bond donors (Lipinski definition) is 1. The summed E-state index contributed by atoms with van der Waals surface area (Å²) < 4.78 is 0. The van der Waals surface area contributed by atoms with Gasteiger partial charge >= 0.3 is 0 Å². The number of benzene rings is 1. The number of nitrogens with one attached hydrogen (secondary N) is 1. The lowest BCUT2D eigenvalue weighted by Crippen LogP contribution is -2.34. The van der Waals surface area contributed by atoms with E-state index < -0.39 is 0 Å². The normalized spacial score (nSPS) is 15.5. The molecule has 1 aromatic carbocycles. The maximum Gasteiger partial charge on any atom is 0.270 e. The lowest BCUT2D eigenvalue weighted by atomic mass is 10.2. The van der Waals surface area contributed by atoms with Crippen molar-refractivity contribution < 1.29 is 4.79 Å². The number of rotatable bonds is 3. The van der Waals surface area contributed by atoms with Gasteiger partial charge in [-0.3, -0.25) is 9.78 Å². The zero-order valence-electron chi connectivity index (χ0n) is 19.5. The number of carbonyl (C=O) groups excluding carboxylic acids is 1. The van der Waals surface area contributed by atoms with Gasteiger partial charge in [-0.2, -0.15) is 0 Å². The third-order valence-electron chi connectivity index (χ3n) is 6.18. The highest BCUT2D eigenvalue weighted by atomic mass is 16.2. The van der Waals surface area contributed by atoms with Gasteiger partial charge in [0.05, 0.1) is 17.1 Å². The van der Waals surface area contributed by atoms with Crippen molar-refractivity contribution in [3.8, 4) is 11.4 Å². The minimum absolute atomic E-state index is 0.0533. The van der Waals surface area contributed by atoms with E-state index in [1.165, 1.54) is 0 Å². The fourth-order valence-electron chi connectivity index (χ4n) is 4.21. The standard InChI is InChI=1S/C27H28N6O/c1-19-7-5-9-24(23-8-3-4-12-28-23)31-26(19)29-21-10-11-22-20(17-21)18-25(30-22)27(34)33-14-6-13-32(2)15-16-33/h3-5,7-12,17-18,30H,6,13-16H2,1-2H3. The first-order valence-electron chi connectivity index (χ1n) is 11.6. The van der Waals surface area contributed by atoms with E-state index in [9.17, 15) is 4.79 Å². The lowest BCUT2D eigenvalue weighted by molar-refractivity contribution is 0.0758. The number of aryl methyl sites for hydroxylation is 1. The van der Waals surface area contributed by atoms with Crippen LogP contribution in [0.15, 0.2) is 71.9 Å². The van der Waals surface area contributed by atoms with Gasteiger partial charge in [0.15, 0.2) is 5.49 Å². The Kier molecular flexibility index (Phi) is 6.18. The van der Waals surface area contributed by atoms with Crippen LogP contribution < -0.4 is 5.49 Å². The maximum atomic E-state index is 13.1. The summed E-state index contributed by atoms with van der Waals surface area (Å²) in [5.41, 5.74) is 5.52. The summed E-state index contributed by atoms with van der Waals surface area (Å²) in [6.07, 6.45) is 2.75. The van der Waals surface area contributed by atoms with E-state index in [1.807, 2.05) is 72.5 Å². The SMILES string of the molecule is Cc1cccc(-c2ccccn2)nc1=Nc1ccc2[nH]c(C(=O)N3CCCN(C)CC3)cc2c1. The number of hydrogen-bond acceptors (Lipinski definition) is 5. The molecule has 7 heteroatoms. The van der Waals surface area contributed by atoms with Crippen LogP contribution in [0.5, 0.6) is 0 Å². The van der Waals surface area contributed by atoms with Gasteiger partial charge in [-0.15, -0.1) is 0 Å². The fourth-order valence-corrected chi connectivity index (χ4v) is 4.21. The molecule has 0 saturated carbocycles. The zero-order valence-corrected chi connectivity index (χ0v) is 19.5. The van der Waals surface area contributed by atoms with Crippen LogP contribution in [0, 0.1) is 6.92 Å². The quantitative estimate of drug-likeness (QED) is 0.511. The van der Waals surface area contributed by atoms with Gasteiger partial charge in [-0.25, -0.2) is 9.98 Å². The topological polar surface area (TPSA) is 77.5 Å². The molecule has 3 aromatic heterocycles. The third kappa shape index (κ3) is 4.75. The first-order chi connectivity index (χ1) is 16.6. The van der Waals surface area contributed by atoms with E-state index in [0.717, 1.165) is 66.1 Å². The number of H-pyrrole nitrogens is 1. The van der Waals surface area contributed by atoms with Crippen LogP contribution in [-0.4, -0.2) is 63.9 Å². The molecule has 1 amide bonds. The summed E-state index contributed by atoms with van der Waals surface area (Å²) in [4.78, 5) is 34.6. The van der Waals surface area contributed by atoms with Crippen LogP contribution in [0.3, 0.4) is 0 Å². The first-order valence-corrected chi connectivity index (χ1v) is 11.6. The average Bonchev–Trinajstić information content (AvgIpc) is 3.03. The van der Waals surface area contributed by atoms with E-state index in [-0.39, 0.29) is 5.91 Å². The van der Waals surface area contributed by atoms with Crippen molar-refractivity contribution in [1.29, 1.82) is 0 Å². The fraction of sp³-hybridized carbons (Fsp3) is 0.259. The summed E-state index contributed by atoms with van der Waals surface area (Å²) >= 11 is 0. The number of pyridine rings is 1. The van der Waals surface area contributed by atoms with E-state index in [1.54, 1.807) is 6.20 Å². The molecule has 1 aliphatic heterocycles. The molecule has 0 aliphatic carbocycles. The molecule has 5 rings (SSSR count). The lowest BCUT2D eigenvalue weighted by Gasteiger charge is -2.19. The van der Waals surface area contributed by atoms with Crippen molar-refractivity contribution in [1.82, 2.24) is 24.8 Å². The van der Waals surface area contributed by atoms with Crippen LogP contribution >= 0.6 is 0 Å². The van der Waals surface area contributed by atoms with Gasteiger partial charge in [-0.05, 0) is 75.0 Å². The first kappa shape index (κ1) is 22.0. The Hall–Kier alpha value is -3.84. The highest BCUT2D eigenvalue weighted by Gasteiger charge is 2.20. The second-order valence-corrected chi connectivity index (χ2v) is 8.76. The Morgan fingerprint density at radius 2 is 1.85 bits per heavy atom. The van der Waals surface area contributed by atoms with Gasteiger partial charge in [0.1, 0.15) is 5.69 Å². The van der Waals surface area contributed by atoms with Gasteiger partial charge in [0.25, 0.3) is 5.91 Å². The Morgan fingerprint density at radius 3 is 2.71 bits per heavy atom. The number of carbonyl (C=O) groups is 1. The molecule has 4 heterocycles. The highest BCUT2D eigenvalue weighted by molar-refractivity contribution is 5.98. The monoisotopic (exact) mass is 452 g/mol. The number of fused-ring (bicyclic) bond motifs is 1. The molecule has 4 aromatic rings. The Labute approximate surface area is 198 Å². The number of aromatic amines is 1. The molecule has 0 spiro atoms. The number of likely N-dealkylation sites (N-methyl/N-ethyl adjacent to an activating group) is 1. The molecule has 34 heavy (non-hydrogen) atoms. The molecule has 0 bridgehead atoms.